The Morgan fingerprint density at radius 3 is 1.94 bits per heavy atom. The molecule has 0 saturated carbocycles. The van der Waals surface area contributed by atoms with Gasteiger partial charge in [0.05, 0.1) is 13.2 Å². The summed E-state index contributed by atoms with van der Waals surface area (Å²) in [5.41, 5.74) is 0. The fourth-order valence-corrected chi connectivity index (χ4v) is 4.08. The van der Waals surface area contributed by atoms with E-state index < -0.39 is 79.9 Å². The largest absolute Gasteiger partial charge is 0.394 e. The van der Waals surface area contributed by atoms with Crippen LogP contribution in [0.15, 0.2) is 0 Å². The van der Waals surface area contributed by atoms with Gasteiger partial charge in [-0.25, -0.2) is 0 Å². The zero-order valence-corrected chi connectivity index (χ0v) is 18.1. The van der Waals surface area contributed by atoms with Crippen molar-refractivity contribution in [2.24, 2.45) is 0 Å². The van der Waals surface area contributed by atoms with Crippen molar-refractivity contribution in [2.75, 3.05) is 19.8 Å². The first-order chi connectivity index (χ1) is 15.1. The van der Waals surface area contributed by atoms with E-state index in [9.17, 15) is 45.6 Å². The number of Topliss-reactive ketones (excluding diaryl/α,β-unsaturated/α-hetero) is 1. The number of ether oxygens (including phenoxy) is 3. The highest BCUT2D eigenvalue weighted by Gasteiger charge is 2.65. The second-order valence-electron chi connectivity index (χ2n) is 8.37. The first-order valence-corrected chi connectivity index (χ1v) is 11.0. The maximum atomic E-state index is 13.2. The van der Waals surface area contributed by atoms with Crippen LogP contribution in [-0.2, 0) is 19.0 Å². The molecule has 0 aromatic heterocycles. The molecule has 0 aliphatic carbocycles. The van der Waals surface area contributed by atoms with Gasteiger partial charge < -0.3 is 55.1 Å². The monoisotopic (exact) mass is 468 g/mol. The molecule has 0 bridgehead atoms. The van der Waals surface area contributed by atoms with Gasteiger partial charge in [0.1, 0.15) is 49.3 Å². The third-order valence-electron chi connectivity index (χ3n) is 6.08. The summed E-state index contributed by atoms with van der Waals surface area (Å²) in [4.78, 5) is 13.2. The fraction of sp³-hybridized carbons (Fsp3) is 0.950. The molecule has 2 saturated heterocycles. The van der Waals surface area contributed by atoms with Crippen molar-refractivity contribution in [1.29, 1.82) is 0 Å². The summed E-state index contributed by atoms with van der Waals surface area (Å²) in [6, 6.07) is 0. The van der Waals surface area contributed by atoms with Gasteiger partial charge in [-0.05, 0) is 6.42 Å². The van der Waals surface area contributed by atoms with Crippen LogP contribution < -0.4 is 0 Å². The fourth-order valence-electron chi connectivity index (χ4n) is 4.08. The smallest absolute Gasteiger partial charge is 0.261 e. The van der Waals surface area contributed by atoms with E-state index in [1.165, 1.54) is 0 Å². The Bertz CT molecular complexity index is 603. The van der Waals surface area contributed by atoms with Crippen LogP contribution in [0.5, 0.6) is 0 Å². The number of carbonyl (C=O) groups excluding carboxylic acids is 1. The van der Waals surface area contributed by atoms with Crippen LogP contribution >= 0.6 is 0 Å². The molecule has 0 aromatic carbocycles. The number of carbonyl (C=O) groups is 1. The highest BCUT2D eigenvalue weighted by molar-refractivity contribution is 5.87. The average Bonchev–Trinajstić information content (AvgIpc) is 3.04. The Hall–Kier alpha value is -0.770. The molecule has 32 heavy (non-hydrogen) atoms. The van der Waals surface area contributed by atoms with Gasteiger partial charge in [0.25, 0.3) is 5.79 Å². The highest BCUT2D eigenvalue weighted by Crippen LogP contribution is 2.42. The third-order valence-corrected chi connectivity index (χ3v) is 6.08. The number of aliphatic hydroxyl groups is 8. The summed E-state index contributed by atoms with van der Waals surface area (Å²) in [7, 11) is 0. The molecule has 2 heterocycles. The van der Waals surface area contributed by atoms with Gasteiger partial charge in [-0.3, -0.25) is 4.79 Å². The molecule has 0 radical (unpaired) electrons. The predicted octanol–water partition coefficient (Wildman–Crippen LogP) is -3.10. The van der Waals surface area contributed by atoms with Gasteiger partial charge in [0, 0.05) is 6.42 Å². The second-order valence-corrected chi connectivity index (χ2v) is 8.37. The molecule has 188 valence electrons. The molecular formula is C20H36O12. The summed E-state index contributed by atoms with van der Waals surface area (Å²) in [5.74, 6) is -6.13. The molecule has 2 aliphatic heterocycles. The Kier molecular flexibility index (Phi) is 9.94. The van der Waals surface area contributed by atoms with E-state index in [1.807, 2.05) is 6.92 Å². The summed E-state index contributed by atoms with van der Waals surface area (Å²) in [5, 5.41) is 80.6. The number of hydrogen-bond donors (Lipinski definition) is 8. The zero-order valence-electron chi connectivity index (χ0n) is 18.1. The van der Waals surface area contributed by atoms with Crippen molar-refractivity contribution in [1.82, 2.24) is 0 Å². The molecule has 0 amide bonds. The van der Waals surface area contributed by atoms with Crippen LogP contribution in [0.4, 0.5) is 0 Å². The van der Waals surface area contributed by atoms with Gasteiger partial charge in [-0.1, -0.05) is 32.6 Å². The third kappa shape index (κ3) is 5.15. The highest BCUT2D eigenvalue weighted by atomic mass is 16.8. The first-order valence-electron chi connectivity index (χ1n) is 11.0. The van der Waals surface area contributed by atoms with Crippen molar-refractivity contribution in [3.63, 3.8) is 0 Å². The van der Waals surface area contributed by atoms with Crippen molar-refractivity contribution in [3.8, 4) is 0 Å². The normalized spacial score (nSPS) is 42.3. The molecule has 2 rings (SSSR count). The number of unbranched alkanes of at least 4 members (excludes halogenated alkanes) is 4. The molecule has 8 N–H and O–H groups in total. The molecule has 0 aromatic rings. The van der Waals surface area contributed by atoms with Gasteiger partial charge >= 0.3 is 0 Å². The summed E-state index contributed by atoms with van der Waals surface area (Å²) in [6.45, 7) is -0.702. The van der Waals surface area contributed by atoms with Gasteiger partial charge in [-0.15, -0.1) is 0 Å². The molecular weight excluding hydrogens is 432 g/mol. The Balaban J connectivity index is 2.38. The van der Waals surface area contributed by atoms with E-state index in [0.29, 0.717) is 12.8 Å². The minimum Gasteiger partial charge on any atom is -0.394 e. The van der Waals surface area contributed by atoms with Gasteiger partial charge in [-0.2, -0.15) is 0 Å². The lowest BCUT2D eigenvalue weighted by molar-refractivity contribution is -0.416. The van der Waals surface area contributed by atoms with Crippen molar-refractivity contribution in [2.45, 2.75) is 99.8 Å². The topological polar surface area (TPSA) is 207 Å². The molecule has 0 spiro atoms. The molecule has 12 nitrogen and oxygen atoms in total. The SMILES string of the molecule is CCCCCCCC(=O)[C@]1(O[C@]2(CO)O[C@H](CO)[C@@H](O)[C@@H]2O)O[C@H](CO)[C@@H](O)[C@H](O)[C@H]1O. The van der Waals surface area contributed by atoms with Crippen LogP contribution in [0.2, 0.25) is 0 Å². The standard InChI is InChI=1S/C20H36O12/c1-2-3-4-5-6-7-13(24)20(18(29)16(27)14(25)11(8-21)31-20)32-19(10-23)17(28)15(26)12(9-22)30-19/h11-12,14-18,21-23,25-29H,2-10H2,1H3/t11-,12-,14-,15-,16+,17+,18-,19+,20-/m1/s1. The van der Waals surface area contributed by atoms with Crippen LogP contribution in [0.1, 0.15) is 45.4 Å². The minimum absolute atomic E-state index is 0.189. The van der Waals surface area contributed by atoms with Crippen molar-refractivity contribution >= 4 is 5.78 Å². The quantitative estimate of drug-likeness (QED) is 0.134. The minimum atomic E-state index is -2.75. The number of ketones is 1. The molecule has 12 heteroatoms. The maximum Gasteiger partial charge on any atom is 0.261 e. The average molecular weight is 468 g/mol. The maximum absolute atomic E-state index is 13.2. The molecule has 2 aliphatic rings. The predicted molar refractivity (Wildman–Crippen MR) is 106 cm³/mol. The molecule has 2 fully saturated rings. The van der Waals surface area contributed by atoms with Crippen LogP contribution in [0.25, 0.3) is 0 Å². The summed E-state index contributed by atoms with van der Waals surface area (Å²) < 4.78 is 16.4. The van der Waals surface area contributed by atoms with Crippen LogP contribution in [-0.4, -0.2) is 121 Å². The summed E-state index contributed by atoms with van der Waals surface area (Å²) in [6.07, 6.45) is -8.90. The van der Waals surface area contributed by atoms with E-state index in [1.54, 1.807) is 0 Å². The second kappa shape index (κ2) is 11.6. The van der Waals surface area contributed by atoms with E-state index in [-0.39, 0.29) is 6.42 Å². The van der Waals surface area contributed by atoms with Crippen LogP contribution in [0, 0.1) is 0 Å². The van der Waals surface area contributed by atoms with Gasteiger partial charge in [0.2, 0.25) is 5.79 Å². The van der Waals surface area contributed by atoms with E-state index in [4.69, 9.17) is 14.2 Å². The lowest BCUT2D eigenvalue weighted by atomic mass is 9.87. The summed E-state index contributed by atoms with van der Waals surface area (Å²) >= 11 is 0. The first kappa shape index (κ1) is 27.5. The van der Waals surface area contributed by atoms with E-state index in [2.05, 4.69) is 0 Å². The Morgan fingerprint density at radius 2 is 1.41 bits per heavy atom. The number of aliphatic hydroxyl groups excluding tert-OH is 8. The van der Waals surface area contributed by atoms with Gasteiger partial charge in [0.15, 0.2) is 5.78 Å². The van der Waals surface area contributed by atoms with Crippen molar-refractivity contribution in [3.05, 3.63) is 0 Å². The lowest BCUT2D eigenvalue weighted by Crippen LogP contribution is -2.72. The zero-order chi connectivity index (χ0) is 24.1. The molecule has 0 unspecified atom stereocenters. The van der Waals surface area contributed by atoms with E-state index in [0.717, 1.165) is 19.3 Å². The lowest BCUT2D eigenvalue weighted by Gasteiger charge is -2.50. The van der Waals surface area contributed by atoms with E-state index >= 15 is 0 Å². The Labute approximate surface area is 186 Å². The van der Waals surface area contributed by atoms with Crippen molar-refractivity contribution < 1.29 is 59.9 Å². The number of hydrogen-bond acceptors (Lipinski definition) is 12. The molecule has 9 atom stereocenters. The Morgan fingerprint density at radius 1 is 0.812 bits per heavy atom. The number of rotatable bonds is 12. The van der Waals surface area contributed by atoms with Crippen LogP contribution in [0.3, 0.4) is 0 Å².